The van der Waals surface area contributed by atoms with Gasteiger partial charge in [0, 0.05) is 41.3 Å². The number of ether oxygens (including phenoxy) is 1. The summed E-state index contributed by atoms with van der Waals surface area (Å²) < 4.78 is 33.9. The highest BCUT2D eigenvalue weighted by atomic mass is 19.3. The average molecular weight is 438 g/mol. The van der Waals surface area contributed by atoms with Crippen LogP contribution in [0.2, 0.25) is 0 Å². The highest BCUT2D eigenvalue weighted by Crippen LogP contribution is 2.36. The highest BCUT2D eigenvalue weighted by molar-refractivity contribution is 5.96. The summed E-state index contributed by atoms with van der Waals surface area (Å²) in [5, 5.41) is 5.52. The van der Waals surface area contributed by atoms with Crippen LogP contribution in [0.5, 0.6) is 5.88 Å². The highest BCUT2D eigenvalue weighted by Gasteiger charge is 2.22. The molecular formula is C23H24F2N6O. The van der Waals surface area contributed by atoms with Gasteiger partial charge >= 0.3 is 0 Å². The molecule has 0 amide bonds. The summed E-state index contributed by atoms with van der Waals surface area (Å²) in [6, 6.07) is 5.46. The third-order valence-corrected chi connectivity index (χ3v) is 6.11. The SMILES string of the molecule is COc1nn(C2CCN(C)CC2)cc1-c1cnc2[nH]cc(-c3ccnc(C(F)F)c3)c2c1. The van der Waals surface area contributed by atoms with Crippen LogP contribution in [-0.2, 0) is 0 Å². The van der Waals surface area contributed by atoms with Gasteiger partial charge in [-0.1, -0.05) is 0 Å². The molecule has 0 aromatic carbocycles. The van der Waals surface area contributed by atoms with E-state index in [1.54, 1.807) is 25.6 Å². The molecule has 4 aromatic heterocycles. The van der Waals surface area contributed by atoms with Gasteiger partial charge in [0.15, 0.2) is 0 Å². The first-order chi connectivity index (χ1) is 15.5. The van der Waals surface area contributed by atoms with Crippen LogP contribution in [0.15, 0.2) is 43.0 Å². The summed E-state index contributed by atoms with van der Waals surface area (Å²) in [4.78, 5) is 13.8. The van der Waals surface area contributed by atoms with Gasteiger partial charge in [-0.15, -0.1) is 5.10 Å². The largest absolute Gasteiger partial charge is 0.479 e. The quantitative estimate of drug-likeness (QED) is 0.489. The number of fused-ring (bicyclic) bond motifs is 1. The maximum Gasteiger partial charge on any atom is 0.280 e. The summed E-state index contributed by atoms with van der Waals surface area (Å²) in [6.45, 7) is 2.07. The fraction of sp³-hybridized carbons (Fsp3) is 0.348. The first-order valence-electron chi connectivity index (χ1n) is 10.6. The number of hydrogen-bond donors (Lipinski definition) is 1. The number of halogens is 2. The predicted molar refractivity (Wildman–Crippen MR) is 118 cm³/mol. The zero-order valence-electron chi connectivity index (χ0n) is 17.9. The topological polar surface area (TPSA) is 71.9 Å². The number of hydrogen-bond acceptors (Lipinski definition) is 5. The van der Waals surface area contributed by atoms with E-state index < -0.39 is 6.43 Å². The third-order valence-electron chi connectivity index (χ3n) is 6.11. The van der Waals surface area contributed by atoms with E-state index >= 15 is 0 Å². The molecule has 0 atom stereocenters. The molecule has 1 fully saturated rings. The van der Waals surface area contributed by atoms with Gasteiger partial charge in [-0.2, -0.15) is 0 Å². The van der Waals surface area contributed by atoms with Crippen molar-refractivity contribution in [2.75, 3.05) is 27.2 Å². The molecule has 5 heterocycles. The number of aromatic nitrogens is 5. The molecule has 7 nitrogen and oxygen atoms in total. The lowest BCUT2D eigenvalue weighted by Gasteiger charge is -2.28. The number of pyridine rings is 2. The molecule has 1 aliphatic rings. The first kappa shape index (κ1) is 20.6. The Morgan fingerprint density at radius 3 is 2.69 bits per heavy atom. The average Bonchev–Trinajstić information content (AvgIpc) is 3.43. The lowest BCUT2D eigenvalue weighted by atomic mass is 10.0. The van der Waals surface area contributed by atoms with Crippen LogP contribution in [0.25, 0.3) is 33.3 Å². The van der Waals surface area contributed by atoms with Gasteiger partial charge in [-0.3, -0.25) is 9.67 Å². The zero-order chi connectivity index (χ0) is 22.2. The first-order valence-corrected chi connectivity index (χ1v) is 10.6. The fourth-order valence-corrected chi connectivity index (χ4v) is 4.30. The van der Waals surface area contributed by atoms with E-state index in [1.165, 1.54) is 12.3 Å². The van der Waals surface area contributed by atoms with Crippen molar-refractivity contribution in [3.05, 3.63) is 48.7 Å². The number of methoxy groups -OCH3 is 1. The molecule has 9 heteroatoms. The van der Waals surface area contributed by atoms with Crippen LogP contribution >= 0.6 is 0 Å². The van der Waals surface area contributed by atoms with Crippen LogP contribution in [0, 0.1) is 0 Å². The molecule has 1 N–H and O–H groups in total. The van der Waals surface area contributed by atoms with Crippen LogP contribution in [0.3, 0.4) is 0 Å². The summed E-state index contributed by atoms with van der Waals surface area (Å²) in [5.74, 6) is 0.547. The minimum absolute atomic E-state index is 0.248. The Bertz CT molecular complexity index is 1240. The summed E-state index contributed by atoms with van der Waals surface area (Å²) in [7, 11) is 3.75. The number of aromatic amines is 1. The van der Waals surface area contributed by atoms with Gasteiger partial charge in [0.1, 0.15) is 11.3 Å². The van der Waals surface area contributed by atoms with E-state index in [1.807, 2.05) is 16.9 Å². The second-order valence-electron chi connectivity index (χ2n) is 8.16. The molecule has 5 rings (SSSR count). The van der Waals surface area contributed by atoms with Crippen molar-refractivity contribution in [2.45, 2.75) is 25.3 Å². The normalized spacial score (nSPS) is 15.7. The van der Waals surface area contributed by atoms with Gasteiger partial charge in [-0.25, -0.2) is 13.8 Å². The Hall–Kier alpha value is -3.33. The van der Waals surface area contributed by atoms with Crippen LogP contribution in [0.4, 0.5) is 8.78 Å². The van der Waals surface area contributed by atoms with Crippen molar-refractivity contribution in [1.82, 2.24) is 29.6 Å². The monoisotopic (exact) mass is 438 g/mol. The van der Waals surface area contributed by atoms with Crippen molar-refractivity contribution in [1.29, 1.82) is 0 Å². The number of likely N-dealkylation sites (tertiary alicyclic amines) is 1. The summed E-state index contributed by atoms with van der Waals surface area (Å²) in [5.41, 5.74) is 3.60. The summed E-state index contributed by atoms with van der Waals surface area (Å²) in [6.07, 6.45) is 6.43. The number of piperidine rings is 1. The van der Waals surface area contributed by atoms with Gasteiger partial charge in [0.25, 0.3) is 6.43 Å². The molecule has 0 saturated carbocycles. The van der Waals surface area contributed by atoms with Crippen molar-refractivity contribution >= 4 is 11.0 Å². The van der Waals surface area contributed by atoms with Gasteiger partial charge in [-0.05, 0) is 56.7 Å². The number of H-pyrrole nitrogens is 1. The Kier molecular flexibility index (Phi) is 5.34. The predicted octanol–water partition coefficient (Wildman–Crippen LogP) is 4.70. The molecule has 0 bridgehead atoms. The Balaban J connectivity index is 1.54. The molecule has 0 radical (unpaired) electrons. The molecule has 166 valence electrons. The van der Waals surface area contributed by atoms with E-state index in [2.05, 4.69) is 32.0 Å². The number of alkyl halides is 2. The van der Waals surface area contributed by atoms with E-state index in [4.69, 9.17) is 4.74 Å². The van der Waals surface area contributed by atoms with E-state index in [9.17, 15) is 8.78 Å². The second-order valence-corrected chi connectivity index (χ2v) is 8.16. The van der Waals surface area contributed by atoms with Crippen molar-refractivity contribution < 1.29 is 13.5 Å². The molecule has 4 aromatic rings. The van der Waals surface area contributed by atoms with Crippen LogP contribution in [0.1, 0.15) is 31.0 Å². The molecule has 32 heavy (non-hydrogen) atoms. The Morgan fingerprint density at radius 1 is 1.12 bits per heavy atom. The number of rotatable bonds is 5. The standard InChI is InChI=1S/C23H24F2N6O/c1-30-7-4-16(5-8-30)31-13-19(23(29-31)32-2)15-9-17-18(12-28-22(17)27-11-15)14-3-6-26-20(10-14)21(24)25/h3,6,9-13,16,21H,4-5,7-8H2,1-2H3,(H,27,28). The number of nitrogens with zero attached hydrogens (tertiary/aromatic N) is 5. The zero-order valence-corrected chi connectivity index (χ0v) is 17.9. The number of nitrogens with one attached hydrogen (secondary N) is 1. The molecule has 0 spiro atoms. The van der Waals surface area contributed by atoms with Crippen molar-refractivity contribution in [2.24, 2.45) is 0 Å². The van der Waals surface area contributed by atoms with Crippen molar-refractivity contribution in [3.8, 4) is 28.1 Å². The minimum atomic E-state index is -2.62. The van der Waals surface area contributed by atoms with Crippen LogP contribution in [-0.4, -0.2) is 56.9 Å². The fourth-order valence-electron chi connectivity index (χ4n) is 4.30. The van der Waals surface area contributed by atoms with Gasteiger partial charge in [0.05, 0.1) is 18.7 Å². The molecule has 0 aliphatic carbocycles. The lowest BCUT2D eigenvalue weighted by molar-refractivity contribution is 0.146. The maximum absolute atomic E-state index is 13.1. The second kappa shape index (κ2) is 8.31. The molecular weight excluding hydrogens is 414 g/mol. The smallest absolute Gasteiger partial charge is 0.280 e. The van der Waals surface area contributed by atoms with Crippen molar-refractivity contribution in [3.63, 3.8) is 0 Å². The lowest BCUT2D eigenvalue weighted by Crippen LogP contribution is -2.31. The van der Waals surface area contributed by atoms with Gasteiger partial charge in [0.2, 0.25) is 5.88 Å². The molecule has 1 saturated heterocycles. The van der Waals surface area contributed by atoms with E-state index in [-0.39, 0.29) is 5.69 Å². The molecule has 0 unspecified atom stereocenters. The van der Waals surface area contributed by atoms with E-state index in [0.717, 1.165) is 48.0 Å². The minimum Gasteiger partial charge on any atom is -0.479 e. The van der Waals surface area contributed by atoms with Gasteiger partial charge < -0.3 is 14.6 Å². The summed E-state index contributed by atoms with van der Waals surface area (Å²) >= 11 is 0. The Labute approximate surface area is 184 Å². The third kappa shape index (κ3) is 3.73. The van der Waals surface area contributed by atoms with E-state index in [0.29, 0.717) is 23.1 Å². The maximum atomic E-state index is 13.1. The van der Waals surface area contributed by atoms with Crippen LogP contribution < -0.4 is 4.74 Å². The molecule has 1 aliphatic heterocycles. The Morgan fingerprint density at radius 2 is 1.94 bits per heavy atom.